The predicted molar refractivity (Wildman–Crippen MR) is 81.2 cm³/mol. The van der Waals surface area contributed by atoms with Crippen molar-refractivity contribution in [2.75, 3.05) is 11.9 Å². The number of carbonyl (C=O) groups excluding carboxylic acids is 1. The minimum Gasteiger partial charge on any atom is -0.378 e. The largest absolute Gasteiger partial charge is 0.378 e. The van der Waals surface area contributed by atoms with Gasteiger partial charge in [-0.1, -0.05) is 30.3 Å². The third-order valence-electron chi connectivity index (χ3n) is 3.68. The van der Waals surface area contributed by atoms with Gasteiger partial charge in [0.15, 0.2) is 6.10 Å². The molecular formula is C16H19N3O3. The second-order valence-electron chi connectivity index (χ2n) is 5.39. The molecule has 3 rings (SSSR count). The molecule has 2 heterocycles. The number of aliphatic hydroxyl groups excluding tert-OH is 1. The molecule has 1 aromatic heterocycles. The van der Waals surface area contributed by atoms with Crippen LogP contribution in [-0.4, -0.2) is 33.5 Å². The van der Waals surface area contributed by atoms with E-state index in [-0.39, 0.29) is 6.10 Å². The lowest BCUT2D eigenvalue weighted by molar-refractivity contribution is -0.124. The predicted octanol–water partition coefficient (Wildman–Crippen LogP) is 1.73. The monoisotopic (exact) mass is 301 g/mol. The fourth-order valence-corrected chi connectivity index (χ4v) is 2.52. The lowest BCUT2D eigenvalue weighted by Crippen LogP contribution is -2.20. The molecule has 2 unspecified atom stereocenters. The fourth-order valence-electron chi connectivity index (χ4n) is 2.52. The number of hydrogen-bond acceptors (Lipinski definition) is 4. The Bertz CT molecular complexity index is 621. The van der Waals surface area contributed by atoms with E-state index >= 15 is 0 Å². The number of nitrogens with zero attached hydrogens (tertiary/aromatic N) is 2. The molecule has 2 N–H and O–H groups in total. The molecule has 116 valence electrons. The van der Waals surface area contributed by atoms with Crippen LogP contribution in [0.2, 0.25) is 0 Å². The molecule has 1 fully saturated rings. The maximum Gasteiger partial charge on any atom is 0.257 e. The molecule has 2 atom stereocenters. The highest BCUT2D eigenvalue weighted by atomic mass is 16.5. The quantitative estimate of drug-likeness (QED) is 0.882. The zero-order chi connectivity index (χ0) is 15.4. The van der Waals surface area contributed by atoms with Gasteiger partial charge in [0.05, 0.1) is 24.5 Å². The highest BCUT2D eigenvalue weighted by molar-refractivity contribution is 5.94. The van der Waals surface area contributed by atoms with Crippen molar-refractivity contribution in [3.63, 3.8) is 0 Å². The summed E-state index contributed by atoms with van der Waals surface area (Å²) in [6.45, 7) is 1.48. The van der Waals surface area contributed by atoms with Crippen molar-refractivity contribution in [3.8, 4) is 0 Å². The first-order valence-electron chi connectivity index (χ1n) is 7.40. The Kier molecular flexibility index (Phi) is 4.50. The molecular weight excluding hydrogens is 282 g/mol. The average molecular weight is 301 g/mol. The van der Waals surface area contributed by atoms with Gasteiger partial charge in [-0.05, 0) is 18.4 Å². The lowest BCUT2D eigenvalue weighted by Gasteiger charge is -2.10. The zero-order valence-corrected chi connectivity index (χ0v) is 12.2. The van der Waals surface area contributed by atoms with Gasteiger partial charge in [-0.3, -0.25) is 9.48 Å². The number of amides is 1. The van der Waals surface area contributed by atoms with Crippen molar-refractivity contribution in [2.45, 2.75) is 31.6 Å². The number of nitrogens with one attached hydrogen (secondary N) is 1. The number of anilines is 1. The van der Waals surface area contributed by atoms with E-state index in [9.17, 15) is 9.90 Å². The molecule has 1 aromatic carbocycles. The normalized spacial score (nSPS) is 19.0. The van der Waals surface area contributed by atoms with Gasteiger partial charge in [-0.15, -0.1) is 0 Å². The number of aliphatic hydroxyl groups is 1. The van der Waals surface area contributed by atoms with Crippen LogP contribution in [0.5, 0.6) is 0 Å². The van der Waals surface area contributed by atoms with Crippen LogP contribution >= 0.6 is 0 Å². The molecule has 0 saturated carbocycles. The minimum absolute atomic E-state index is 0.193. The molecule has 6 heteroatoms. The Labute approximate surface area is 128 Å². The Balaban J connectivity index is 1.58. The highest BCUT2D eigenvalue weighted by Gasteiger charge is 2.19. The Morgan fingerprint density at radius 2 is 2.27 bits per heavy atom. The summed E-state index contributed by atoms with van der Waals surface area (Å²) >= 11 is 0. The van der Waals surface area contributed by atoms with Crippen LogP contribution in [0, 0.1) is 0 Å². The summed E-state index contributed by atoms with van der Waals surface area (Å²) in [5.74, 6) is -0.470. The van der Waals surface area contributed by atoms with E-state index in [0.29, 0.717) is 17.8 Å². The number of aromatic nitrogens is 2. The number of rotatable bonds is 5. The third kappa shape index (κ3) is 3.52. The summed E-state index contributed by atoms with van der Waals surface area (Å²) in [5, 5.41) is 16.9. The summed E-state index contributed by atoms with van der Waals surface area (Å²) in [7, 11) is 0. The van der Waals surface area contributed by atoms with E-state index in [1.54, 1.807) is 41.3 Å². The first-order valence-corrected chi connectivity index (χ1v) is 7.40. The Hall–Kier alpha value is -2.18. The number of ether oxygens (including phenoxy) is 1. The average Bonchev–Trinajstić information content (AvgIpc) is 3.20. The van der Waals surface area contributed by atoms with Crippen molar-refractivity contribution < 1.29 is 14.6 Å². The van der Waals surface area contributed by atoms with E-state index in [4.69, 9.17) is 4.74 Å². The molecule has 0 spiro atoms. The van der Waals surface area contributed by atoms with Gasteiger partial charge < -0.3 is 15.2 Å². The van der Waals surface area contributed by atoms with Gasteiger partial charge in [0, 0.05) is 12.8 Å². The van der Waals surface area contributed by atoms with Crippen LogP contribution in [0.15, 0.2) is 42.7 Å². The second kappa shape index (κ2) is 6.72. The van der Waals surface area contributed by atoms with Crippen LogP contribution in [0.3, 0.4) is 0 Å². The third-order valence-corrected chi connectivity index (χ3v) is 3.68. The maximum absolute atomic E-state index is 12.0. The van der Waals surface area contributed by atoms with Crippen LogP contribution in [-0.2, 0) is 16.1 Å². The minimum atomic E-state index is -1.19. The van der Waals surface area contributed by atoms with Gasteiger partial charge in [0.1, 0.15) is 0 Å². The lowest BCUT2D eigenvalue weighted by atomic mass is 10.1. The van der Waals surface area contributed by atoms with Crippen molar-refractivity contribution in [1.29, 1.82) is 0 Å². The Morgan fingerprint density at radius 1 is 1.45 bits per heavy atom. The summed E-state index contributed by atoms with van der Waals surface area (Å²) in [5.41, 5.74) is 1.13. The molecule has 1 aliphatic rings. The van der Waals surface area contributed by atoms with Crippen molar-refractivity contribution in [3.05, 3.63) is 48.3 Å². The molecule has 0 aliphatic carbocycles. The molecule has 0 bridgehead atoms. The molecule has 1 aliphatic heterocycles. The van der Waals surface area contributed by atoms with Crippen LogP contribution in [0.4, 0.5) is 5.69 Å². The number of hydrogen-bond donors (Lipinski definition) is 2. The summed E-state index contributed by atoms with van der Waals surface area (Å²) in [6, 6.07) is 8.83. The first kappa shape index (κ1) is 14.7. The molecule has 0 radical (unpaired) electrons. The van der Waals surface area contributed by atoms with Crippen molar-refractivity contribution in [1.82, 2.24) is 9.78 Å². The number of benzene rings is 1. The summed E-state index contributed by atoms with van der Waals surface area (Å²) in [6.07, 6.45) is 4.44. The van der Waals surface area contributed by atoms with Gasteiger partial charge in [-0.25, -0.2) is 0 Å². The second-order valence-corrected chi connectivity index (χ2v) is 5.39. The van der Waals surface area contributed by atoms with Gasteiger partial charge in [-0.2, -0.15) is 5.10 Å². The van der Waals surface area contributed by atoms with Crippen LogP contribution < -0.4 is 5.32 Å². The highest BCUT2D eigenvalue weighted by Crippen LogP contribution is 2.17. The summed E-state index contributed by atoms with van der Waals surface area (Å²) in [4.78, 5) is 12.0. The van der Waals surface area contributed by atoms with E-state index in [1.807, 2.05) is 6.07 Å². The molecule has 22 heavy (non-hydrogen) atoms. The smallest absolute Gasteiger partial charge is 0.257 e. The van der Waals surface area contributed by atoms with Gasteiger partial charge in [0.25, 0.3) is 5.91 Å². The molecule has 6 nitrogen and oxygen atoms in total. The van der Waals surface area contributed by atoms with Gasteiger partial charge in [0.2, 0.25) is 0 Å². The SMILES string of the molecule is O=C(Nc1cnn(CC2CCCO2)c1)C(O)c1ccccc1. The Morgan fingerprint density at radius 3 is 3.00 bits per heavy atom. The van der Waals surface area contributed by atoms with E-state index in [1.165, 1.54) is 0 Å². The van der Waals surface area contributed by atoms with Crippen molar-refractivity contribution >= 4 is 11.6 Å². The van der Waals surface area contributed by atoms with Gasteiger partial charge >= 0.3 is 0 Å². The fraction of sp³-hybridized carbons (Fsp3) is 0.375. The van der Waals surface area contributed by atoms with E-state index < -0.39 is 12.0 Å². The zero-order valence-electron chi connectivity index (χ0n) is 12.2. The summed E-state index contributed by atoms with van der Waals surface area (Å²) < 4.78 is 7.31. The first-order chi connectivity index (χ1) is 10.7. The topological polar surface area (TPSA) is 76.4 Å². The van der Waals surface area contributed by atoms with E-state index in [2.05, 4.69) is 10.4 Å². The van der Waals surface area contributed by atoms with E-state index in [0.717, 1.165) is 19.4 Å². The van der Waals surface area contributed by atoms with Crippen LogP contribution in [0.1, 0.15) is 24.5 Å². The maximum atomic E-state index is 12.0. The standard InChI is InChI=1S/C16H19N3O3/c20-15(12-5-2-1-3-6-12)16(21)18-13-9-17-19(10-13)11-14-7-4-8-22-14/h1-3,5-6,9-10,14-15,20H,4,7-8,11H2,(H,18,21). The molecule has 1 saturated heterocycles. The number of carbonyl (C=O) groups is 1. The van der Waals surface area contributed by atoms with Crippen LogP contribution in [0.25, 0.3) is 0 Å². The molecule has 1 amide bonds. The molecule has 2 aromatic rings. The van der Waals surface area contributed by atoms with Crippen molar-refractivity contribution in [2.24, 2.45) is 0 Å².